The van der Waals surface area contributed by atoms with Gasteiger partial charge in [0, 0.05) is 6.20 Å². The number of nitriles is 1. The summed E-state index contributed by atoms with van der Waals surface area (Å²) < 4.78 is 45.8. The molecule has 3 heterocycles. The normalized spacial score (nSPS) is 13.9. The SMILES string of the molecule is COc1cccc(OC)c1-n1c(CS(=O)(=O)[C@H](C)[C@](C)(O)c2ccc(C#N)cn2)nnc1-c1ccc(C)o1. The van der Waals surface area contributed by atoms with E-state index in [-0.39, 0.29) is 17.3 Å². The van der Waals surface area contributed by atoms with Gasteiger partial charge in [-0.15, -0.1) is 10.2 Å². The van der Waals surface area contributed by atoms with Crippen LogP contribution in [0.25, 0.3) is 17.3 Å². The molecule has 4 rings (SSSR count). The van der Waals surface area contributed by atoms with E-state index in [0.29, 0.717) is 34.3 Å². The van der Waals surface area contributed by atoms with E-state index in [2.05, 4.69) is 15.2 Å². The number of furan rings is 1. The summed E-state index contributed by atoms with van der Waals surface area (Å²) in [6, 6.07) is 13.5. The lowest BCUT2D eigenvalue weighted by atomic mass is 9.97. The molecule has 0 aliphatic heterocycles. The first-order chi connectivity index (χ1) is 18.0. The molecule has 11 nitrogen and oxygen atoms in total. The zero-order chi connectivity index (χ0) is 27.7. The van der Waals surface area contributed by atoms with E-state index < -0.39 is 26.4 Å². The Morgan fingerprint density at radius 3 is 2.34 bits per heavy atom. The first kappa shape index (κ1) is 26.8. The highest BCUT2D eigenvalue weighted by Crippen LogP contribution is 2.38. The Morgan fingerprint density at radius 1 is 1.13 bits per heavy atom. The van der Waals surface area contributed by atoms with Crippen molar-refractivity contribution in [3.63, 3.8) is 0 Å². The second-order valence-corrected chi connectivity index (χ2v) is 11.2. The van der Waals surface area contributed by atoms with Crippen LogP contribution in [0.5, 0.6) is 11.5 Å². The first-order valence-electron chi connectivity index (χ1n) is 11.6. The number of aryl methyl sites for hydroxylation is 1. The monoisotopic (exact) mass is 537 g/mol. The summed E-state index contributed by atoms with van der Waals surface area (Å²) >= 11 is 0. The number of pyridine rings is 1. The molecule has 0 fully saturated rings. The molecule has 4 aromatic rings. The van der Waals surface area contributed by atoms with Gasteiger partial charge in [-0.1, -0.05) is 6.07 Å². The predicted octanol–water partition coefficient (Wildman–Crippen LogP) is 3.33. The molecule has 0 aliphatic rings. The van der Waals surface area contributed by atoms with Gasteiger partial charge < -0.3 is 19.0 Å². The number of hydrogen-bond acceptors (Lipinski definition) is 10. The van der Waals surface area contributed by atoms with Crippen molar-refractivity contribution in [3.8, 4) is 34.8 Å². The Kier molecular flexibility index (Phi) is 7.26. The van der Waals surface area contributed by atoms with Gasteiger partial charge in [-0.3, -0.25) is 9.55 Å². The molecule has 1 aromatic carbocycles. The predicted molar refractivity (Wildman–Crippen MR) is 138 cm³/mol. The largest absolute Gasteiger partial charge is 0.494 e. The third-order valence-corrected chi connectivity index (χ3v) is 8.58. The van der Waals surface area contributed by atoms with Gasteiger partial charge in [-0.05, 0) is 57.2 Å². The summed E-state index contributed by atoms with van der Waals surface area (Å²) in [5, 5.41) is 27.4. The van der Waals surface area contributed by atoms with Crippen molar-refractivity contribution in [3.05, 3.63) is 71.5 Å². The Bertz CT molecular complexity index is 1580. The van der Waals surface area contributed by atoms with E-state index in [0.717, 1.165) is 0 Å². The van der Waals surface area contributed by atoms with E-state index in [1.807, 2.05) is 6.07 Å². The van der Waals surface area contributed by atoms with E-state index in [1.165, 1.54) is 51.0 Å². The maximum atomic E-state index is 13.7. The minimum atomic E-state index is -4.06. The lowest BCUT2D eigenvalue weighted by molar-refractivity contribution is 0.0518. The highest BCUT2D eigenvalue weighted by atomic mass is 32.2. The molecule has 38 heavy (non-hydrogen) atoms. The molecule has 0 unspecified atom stereocenters. The number of hydrogen-bond donors (Lipinski definition) is 1. The van der Waals surface area contributed by atoms with Crippen LogP contribution in [-0.2, 0) is 21.2 Å². The summed E-state index contributed by atoms with van der Waals surface area (Å²) in [6.45, 7) is 4.55. The van der Waals surface area contributed by atoms with Crippen LogP contribution in [0, 0.1) is 18.3 Å². The van der Waals surface area contributed by atoms with Crippen molar-refractivity contribution < 1.29 is 27.4 Å². The molecule has 12 heteroatoms. The Balaban J connectivity index is 1.83. The summed E-state index contributed by atoms with van der Waals surface area (Å²) in [5.41, 5.74) is -1.06. The molecule has 198 valence electrons. The van der Waals surface area contributed by atoms with Crippen LogP contribution < -0.4 is 9.47 Å². The highest BCUT2D eigenvalue weighted by molar-refractivity contribution is 7.91. The molecule has 0 amide bonds. The van der Waals surface area contributed by atoms with Gasteiger partial charge in [0.15, 0.2) is 21.4 Å². The molecule has 2 atom stereocenters. The van der Waals surface area contributed by atoms with Crippen molar-refractivity contribution in [1.29, 1.82) is 5.26 Å². The lowest BCUT2D eigenvalue weighted by Gasteiger charge is -2.29. The van der Waals surface area contributed by atoms with Gasteiger partial charge in [-0.25, -0.2) is 8.42 Å². The minimum Gasteiger partial charge on any atom is -0.494 e. The number of aromatic nitrogens is 4. The minimum absolute atomic E-state index is 0.0623. The van der Waals surface area contributed by atoms with Gasteiger partial charge in [0.2, 0.25) is 5.82 Å². The molecule has 0 bridgehead atoms. The molecule has 0 saturated carbocycles. The third-order valence-electron chi connectivity index (χ3n) is 6.39. The molecular formula is C26H27N5O6S. The fraction of sp³-hybridized carbons (Fsp3) is 0.308. The first-order valence-corrected chi connectivity index (χ1v) is 13.3. The third kappa shape index (κ3) is 4.85. The van der Waals surface area contributed by atoms with E-state index in [4.69, 9.17) is 19.2 Å². The average Bonchev–Trinajstić information content (AvgIpc) is 3.52. The quantitative estimate of drug-likeness (QED) is 0.336. The molecule has 0 saturated heterocycles. The summed E-state index contributed by atoms with van der Waals surface area (Å²) in [7, 11) is -1.09. The maximum Gasteiger partial charge on any atom is 0.204 e. The summed E-state index contributed by atoms with van der Waals surface area (Å²) in [4.78, 5) is 4.10. The number of rotatable bonds is 9. The maximum absolute atomic E-state index is 13.7. The topological polar surface area (TPSA) is 153 Å². The molecule has 3 aromatic heterocycles. The van der Waals surface area contributed by atoms with Crippen LogP contribution in [0.15, 0.2) is 53.1 Å². The molecular weight excluding hydrogens is 510 g/mol. The average molecular weight is 538 g/mol. The number of sulfone groups is 1. The molecule has 0 radical (unpaired) electrons. The second-order valence-electron chi connectivity index (χ2n) is 8.84. The van der Waals surface area contributed by atoms with Crippen molar-refractivity contribution in [1.82, 2.24) is 19.7 Å². The van der Waals surface area contributed by atoms with E-state index in [9.17, 15) is 13.5 Å². The number of ether oxygens (including phenoxy) is 2. The molecule has 0 aliphatic carbocycles. The van der Waals surface area contributed by atoms with Crippen molar-refractivity contribution in [2.24, 2.45) is 0 Å². The van der Waals surface area contributed by atoms with Crippen LogP contribution in [0.1, 0.15) is 36.7 Å². The fourth-order valence-corrected chi connectivity index (χ4v) is 5.65. The van der Waals surface area contributed by atoms with Crippen LogP contribution in [0.3, 0.4) is 0 Å². The van der Waals surface area contributed by atoms with Gasteiger partial charge in [0.05, 0.1) is 30.7 Å². The lowest BCUT2D eigenvalue weighted by Crippen LogP contribution is -2.41. The van der Waals surface area contributed by atoms with Gasteiger partial charge in [-0.2, -0.15) is 5.26 Å². The smallest absolute Gasteiger partial charge is 0.204 e. The van der Waals surface area contributed by atoms with Crippen molar-refractivity contribution in [2.75, 3.05) is 14.2 Å². The summed E-state index contributed by atoms with van der Waals surface area (Å²) in [5.74, 6) is 1.53. The van der Waals surface area contributed by atoms with Crippen LogP contribution in [0.4, 0.5) is 0 Å². The zero-order valence-corrected chi connectivity index (χ0v) is 22.4. The molecule has 0 spiro atoms. The van der Waals surface area contributed by atoms with Gasteiger partial charge in [0.25, 0.3) is 0 Å². The van der Waals surface area contributed by atoms with Crippen LogP contribution in [-0.4, -0.2) is 52.7 Å². The zero-order valence-electron chi connectivity index (χ0n) is 21.5. The number of benzene rings is 1. The number of para-hydroxylation sites is 1. The number of methoxy groups -OCH3 is 2. The van der Waals surface area contributed by atoms with Crippen LogP contribution >= 0.6 is 0 Å². The Labute approximate surface area is 220 Å². The van der Waals surface area contributed by atoms with E-state index in [1.54, 1.807) is 37.3 Å². The Morgan fingerprint density at radius 2 is 1.82 bits per heavy atom. The second kappa shape index (κ2) is 10.3. The van der Waals surface area contributed by atoms with Gasteiger partial charge in [0.1, 0.15) is 40.4 Å². The van der Waals surface area contributed by atoms with Crippen LogP contribution in [0.2, 0.25) is 0 Å². The van der Waals surface area contributed by atoms with Crippen molar-refractivity contribution >= 4 is 9.84 Å². The van der Waals surface area contributed by atoms with E-state index >= 15 is 0 Å². The fourth-order valence-electron chi connectivity index (χ4n) is 4.03. The molecule has 1 N–H and O–H groups in total. The van der Waals surface area contributed by atoms with Gasteiger partial charge >= 0.3 is 0 Å². The number of nitrogens with zero attached hydrogens (tertiary/aromatic N) is 5. The van der Waals surface area contributed by atoms with Crippen molar-refractivity contribution in [2.45, 2.75) is 37.4 Å². The summed E-state index contributed by atoms with van der Waals surface area (Å²) in [6.07, 6.45) is 1.28. The number of aliphatic hydroxyl groups is 1. The standard InChI is InChI=1S/C26H27N5O6S/c1-16-9-11-21(37-16)25-30-29-23(31(25)24-19(35-4)7-6-8-20(24)36-5)15-38(33,34)17(2)26(3,32)22-12-10-18(13-27)14-28-22/h6-12,14,17,32H,15H2,1-5H3/t17-,26+/m1/s1. The highest BCUT2D eigenvalue weighted by Gasteiger charge is 2.41. The Hall–Kier alpha value is -4.21.